The van der Waals surface area contributed by atoms with Gasteiger partial charge in [-0.3, -0.25) is 14.2 Å². The van der Waals surface area contributed by atoms with Gasteiger partial charge in [0, 0.05) is 18.5 Å². The summed E-state index contributed by atoms with van der Waals surface area (Å²) in [5.41, 5.74) is 1.42. The Morgan fingerprint density at radius 2 is 2.05 bits per heavy atom. The predicted octanol–water partition coefficient (Wildman–Crippen LogP) is 2.26. The molecule has 5 heteroatoms. The van der Waals surface area contributed by atoms with Gasteiger partial charge in [0.25, 0.3) is 5.56 Å². The maximum Gasteiger partial charge on any atom is 0.259 e. The fourth-order valence-corrected chi connectivity index (χ4v) is 2.06. The van der Waals surface area contributed by atoms with Crippen LogP contribution in [0.4, 0.5) is 5.82 Å². The van der Waals surface area contributed by atoms with Crippen LogP contribution < -0.4 is 10.9 Å². The first kappa shape index (κ1) is 12.3. The summed E-state index contributed by atoms with van der Waals surface area (Å²) in [7, 11) is 0. The summed E-state index contributed by atoms with van der Waals surface area (Å²) >= 11 is 0. The van der Waals surface area contributed by atoms with E-state index in [2.05, 4.69) is 15.3 Å². The van der Waals surface area contributed by atoms with Crippen LogP contribution >= 0.6 is 0 Å². The van der Waals surface area contributed by atoms with Crippen LogP contribution in [0, 0.1) is 0 Å². The molecule has 3 aromatic rings. The van der Waals surface area contributed by atoms with E-state index in [1.807, 2.05) is 31.2 Å². The first-order valence-electron chi connectivity index (χ1n) is 6.40. The number of nitrogens with zero attached hydrogens (tertiary/aromatic N) is 3. The van der Waals surface area contributed by atoms with Crippen molar-refractivity contribution in [2.24, 2.45) is 0 Å². The molecule has 0 fully saturated rings. The van der Waals surface area contributed by atoms with Crippen LogP contribution in [0.15, 0.2) is 59.7 Å². The smallest absolute Gasteiger partial charge is 0.259 e. The van der Waals surface area contributed by atoms with E-state index in [1.165, 1.54) is 10.5 Å². The molecule has 1 atom stereocenters. The van der Waals surface area contributed by atoms with Crippen molar-refractivity contribution < 1.29 is 0 Å². The van der Waals surface area contributed by atoms with Gasteiger partial charge in [-0.1, -0.05) is 12.1 Å². The molecule has 1 unspecified atom stereocenters. The van der Waals surface area contributed by atoms with Crippen LogP contribution in [-0.2, 0) is 0 Å². The van der Waals surface area contributed by atoms with Gasteiger partial charge in [0.1, 0.15) is 11.5 Å². The monoisotopic (exact) mass is 266 g/mol. The van der Waals surface area contributed by atoms with Gasteiger partial charge in [0.15, 0.2) is 0 Å². The van der Waals surface area contributed by atoms with Gasteiger partial charge < -0.3 is 5.32 Å². The molecular formula is C15H14N4O. The minimum absolute atomic E-state index is 0.0192. The molecule has 1 N–H and O–H groups in total. The molecule has 0 bridgehead atoms. The van der Waals surface area contributed by atoms with E-state index in [1.54, 1.807) is 24.5 Å². The molecule has 0 aliphatic rings. The SMILES string of the molecule is CC(Nc1cc(=O)n2ccccc2n1)c1ccccn1. The standard InChI is InChI=1S/C15H14N4O/c1-11(12-6-2-4-8-16-12)17-13-10-15(20)19-9-5-3-7-14(19)18-13/h2-11,17H,1H3. The minimum Gasteiger partial charge on any atom is -0.362 e. The minimum atomic E-state index is -0.105. The Labute approximate surface area is 115 Å². The first-order valence-corrected chi connectivity index (χ1v) is 6.40. The van der Waals surface area contributed by atoms with Gasteiger partial charge >= 0.3 is 0 Å². The summed E-state index contributed by atoms with van der Waals surface area (Å²) in [6, 6.07) is 12.7. The summed E-state index contributed by atoms with van der Waals surface area (Å²) in [6.07, 6.45) is 3.45. The van der Waals surface area contributed by atoms with E-state index >= 15 is 0 Å². The third kappa shape index (κ3) is 2.38. The van der Waals surface area contributed by atoms with Crippen molar-refractivity contribution >= 4 is 11.5 Å². The van der Waals surface area contributed by atoms with Gasteiger partial charge in [-0.05, 0) is 31.2 Å². The van der Waals surface area contributed by atoms with Crippen molar-refractivity contribution in [2.45, 2.75) is 13.0 Å². The highest BCUT2D eigenvalue weighted by Gasteiger charge is 2.08. The zero-order valence-electron chi connectivity index (χ0n) is 11.0. The molecule has 0 saturated carbocycles. The third-order valence-electron chi connectivity index (χ3n) is 3.07. The molecule has 20 heavy (non-hydrogen) atoms. The average Bonchev–Trinajstić information content (AvgIpc) is 2.48. The molecule has 3 aromatic heterocycles. The number of fused-ring (bicyclic) bond motifs is 1. The molecule has 0 amide bonds. The molecule has 3 rings (SSSR count). The normalized spacial score (nSPS) is 12.2. The number of rotatable bonds is 3. The van der Waals surface area contributed by atoms with Gasteiger partial charge in [-0.2, -0.15) is 0 Å². The first-order chi connectivity index (χ1) is 9.74. The van der Waals surface area contributed by atoms with Crippen molar-refractivity contribution in [3.63, 3.8) is 0 Å². The van der Waals surface area contributed by atoms with E-state index < -0.39 is 0 Å². The second-order valence-electron chi connectivity index (χ2n) is 4.53. The lowest BCUT2D eigenvalue weighted by atomic mass is 10.2. The lowest BCUT2D eigenvalue weighted by Gasteiger charge is -2.14. The van der Waals surface area contributed by atoms with Crippen molar-refractivity contribution in [3.05, 3.63) is 70.9 Å². The lowest BCUT2D eigenvalue weighted by molar-refractivity contribution is 0.829. The summed E-state index contributed by atoms with van der Waals surface area (Å²) in [4.78, 5) is 20.7. The second-order valence-corrected chi connectivity index (χ2v) is 4.53. The molecule has 0 saturated heterocycles. The van der Waals surface area contributed by atoms with Crippen molar-refractivity contribution in [1.29, 1.82) is 0 Å². The lowest BCUT2D eigenvalue weighted by Crippen LogP contribution is -2.17. The molecule has 0 aromatic carbocycles. The average molecular weight is 266 g/mol. The highest BCUT2D eigenvalue weighted by atomic mass is 16.1. The number of hydrogen-bond acceptors (Lipinski definition) is 4. The van der Waals surface area contributed by atoms with Crippen LogP contribution in [0.5, 0.6) is 0 Å². The summed E-state index contributed by atoms with van der Waals surface area (Å²) in [6.45, 7) is 1.98. The Morgan fingerprint density at radius 1 is 1.20 bits per heavy atom. The number of aromatic nitrogens is 3. The zero-order valence-corrected chi connectivity index (χ0v) is 11.0. The molecule has 0 spiro atoms. The highest BCUT2D eigenvalue weighted by Crippen LogP contribution is 2.14. The zero-order chi connectivity index (χ0) is 13.9. The number of nitrogens with one attached hydrogen (secondary N) is 1. The summed E-state index contributed by atoms with van der Waals surface area (Å²) < 4.78 is 1.51. The predicted molar refractivity (Wildman–Crippen MR) is 77.7 cm³/mol. The number of anilines is 1. The Kier molecular flexibility index (Phi) is 3.16. The second kappa shape index (κ2) is 5.13. The van der Waals surface area contributed by atoms with Crippen molar-refractivity contribution in [1.82, 2.24) is 14.4 Å². The fraction of sp³-hybridized carbons (Fsp3) is 0.133. The van der Waals surface area contributed by atoms with Crippen LogP contribution in [-0.4, -0.2) is 14.4 Å². The van der Waals surface area contributed by atoms with E-state index in [0.29, 0.717) is 11.5 Å². The van der Waals surface area contributed by atoms with Crippen LogP contribution in [0.2, 0.25) is 0 Å². The largest absolute Gasteiger partial charge is 0.362 e. The molecule has 100 valence electrons. The fourth-order valence-electron chi connectivity index (χ4n) is 2.06. The molecule has 3 heterocycles. The highest BCUT2D eigenvalue weighted by molar-refractivity contribution is 5.47. The Hall–Kier alpha value is -2.69. The molecule has 0 aliphatic carbocycles. The van der Waals surface area contributed by atoms with E-state index in [4.69, 9.17) is 0 Å². The van der Waals surface area contributed by atoms with E-state index in [-0.39, 0.29) is 11.6 Å². The van der Waals surface area contributed by atoms with Gasteiger partial charge in [-0.15, -0.1) is 0 Å². The van der Waals surface area contributed by atoms with Gasteiger partial charge in [-0.25, -0.2) is 4.98 Å². The Bertz CT molecular complexity index is 782. The molecule has 0 radical (unpaired) electrons. The quantitative estimate of drug-likeness (QED) is 0.790. The van der Waals surface area contributed by atoms with Crippen molar-refractivity contribution in [2.75, 3.05) is 5.32 Å². The van der Waals surface area contributed by atoms with Crippen LogP contribution in [0.3, 0.4) is 0 Å². The van der Waals surface area contributed by atoms with Gasteiger partial charge in [0.2, 0.25) is 0 Å². The van der Waals surface area contributed by atoms with E-state index in [9.17, 15) is 4.79 Å². The molecule has 0 aliphatic heterocycles. The Balaban J connectivity index is 1.93. The van der Waals surface area contributed by atoms with Crippen molar-refractivity contribution in [3.8, 4) is 0 Å². The summed E-state index contributed by atoms with van der Waals surface area (Å²) in [5.74, 6) is 0.555. The summed E-state index contributed by atoms with van der Waals surface area (Å²) in [5, 5.41) is 3.20. The van der Waals surface area contributed by atoms with Crippen LogP contribution in [0.25, 0.3) is 5.65 Å². The Morgan fingerprint density at radius 3 is 2.85 bits per heavy atom. The maximum absolute atomic E-state index is 12.0. The topological polar surface area (TPSA) is 59.3 Å². The number of pyridine rings is 2. The van der Waals surface area contributed by atoms with E-state index in [0.717, 1.165) is 5.69 Å². The molecular weight excluding hydrogens is 252 g/mol. The number of hydrogen-bond donors (Lipinski definition) is 1. The maximum atomic E-state index is 12.0. The van der Waals surface area contributed by atoms with Gasteiger partial charge in [0.05, 0.1) is 11.7 Å². The van der Waals surface area contributed by atoms with Crippen LogP contribution in [0.1, 0.15) is 18.7 Å². The molecule has 5 nitrogen and oxygen atoms in total. The third-order valence-corrected chi connectivity index (χ3v) is 3.07.